The summed E-state index contributed by atoms with van der Waals surface area (Å²) in [6, 6.07) is 5.10. The van der Waals surface area contributed by atoms with Crippen molar-refractivity contribution in [1.82, 2.24) is 9.88 Å². The van der Waals surface area contributed by atoms with Crippen LogP contribution >= 0.6 is 0 Å². The minimum Gasteiger partial charge on any atom is -0.477 e. The molecular formula is C15H13FN2O4. The Kier molecular flexibility index (Phi) is 4.36. The highest BCUT2D eigenvalue weighted by Gasteiger charge is 2.16. The van der Waals surface area contributed by atoms with E-state index in [0.717, 1.165) is 6.20 Å². The van der Waals surface area contributed by atoms with Gasteiger partial charge in [0.25, 0.3) is 0 Å². The quantitative estimate of drug-likeness (QED) is 0.885. The van der Waals surface area contributed by atoms with Crippen molar-refractivity contribution in [2.45, 2.75) is 6.54 Å². The Morgan fingerprint density at radius 2 is 1.86 bits per heavy atom. The van der Waals surface area contributed by atoms with Crippen LogP contribution in [0, 0.1) is 5.82 Å². The molecule has 1 aromatic carbocycles. The molecule has 1 amide bonds. The number of pyridine rings is 1. The van der Waals surface area contributed by atoms with Crippen LogP contribution in [0.3, 0.4) is 0 Å². The number of hydrogen-bond acceptors (Lipinski definition) is 3. The largest absolute Gasteiger partial charge is 0.477 e. The van der Waals surface area contributed by atoms with E-state index in [1.807, 2.05) is 0 Å². The van der Waals surface area contributed by atoms with E-state index in [1.165, 1.54) is 42.1 Å². The summed E-state index contributed by atoms with van der Waals surface area (Å²) in [5, 5.41) is 11.5. The van der Waals surface area contributed by atoms with Gasteiger partial charge in [-0.2, -0.15) is 0 Å². The summed E-state index contributed by atoms with van der Waals surface area (Å²) in [6.07, 6.45) is 2.48. The molecule has 1 heterocycles. The molecule has 0 spiro atoms. The molecule has 2 N–H and O–H groups in total. The third-order valence-electron chi connectivity index (χ3n) is 3.07. The number of likely N-dealkylation sites (N-methyl/N-ethyl adjacent to an activating group) is 1. The predicted molar refractivity (Wildman–Crippen MR) is 77.1 cm³/mol. The Labute approximate surface area is 124 Å². The number of amides is 1. The minimum atomic E-state index is -1.39. The zero-order valence-electron chi connectivity index (χ0n) is 11.7. The molecule has 0 atom stereocenters. The van der Waals surface area contributed by atoms with Crippen molar-refractivity contribution in [2.24, 2.45) is 0 Å². The van der Waals surface area contributed by atoms with Crippen molar-refractivity contribution in [3.8, 4) is 11.1 Å². The summed E-state index contributed by atoms with van der Waals surface area (Å²) in [6.45, 7) is -0.134. The minimum absolute atomic E-state index is 0.0869. The third-order valence-corrected chi connectivity index (χ3v) is 3.07. The lowest BCUT2D eigenvalue weighted by atomic mass is 10.0. The van der Waals surface area contributed by atoms with Gasteiger partial charge < -0.3 is 15.0 Å². The monoisotopic (exact) mass is 304 g/mol. The highest BCUT2D eigenvalue weighted by atomic mass is 19.1. The van der Waals surface area contributed by atoms with Crippen LogP contribution in [0.4, 0.5) is 4.39 Å². The normalized spacial score (nSPS) is 10.3. The Bertz CT molecular complexity index is 781. The number of nitrogens with one attached hydrogen (secondary N) is 1. The first-order chi connectivity index (χ1) is 10.4. The molecule has 0 bridgehead atoms. The number of benzene rings is 1. The van der Waals surface area contributed by atoms with Gasteiger partial charge in [-0.1, -0.05) is 12.1 Å². The van der Waals surface area contributed by atoms with Crippen LogP contribution in [0.1, 0.15) is 10.4 Å². The third kappa shape index (κ3) is 3.20. The summed E-state index contributed by atoms with van der Waals surface area (Å²) < 4.78 is 14.3. The fourth-order valence-electron chi connectivity index (χ4n) is 1.95. The number of rotatable bonds is 4. The van der Waals surface area contributed by atoms with Crippen LogP contribution in [-0.4, -0.2) is 28.6 Å². The molecular weight excluding hydrogens is 291 g/mol. The average Bonchev–Trinajstić information content (AvgIpc) is 2.49. The molecule has 6 nitrogen and oxygen atoms in total. The fraction of sp³-hybridized carbons (Fsp3) is 0.133. The van der Waals surface area contributed by atoms with Crippen molar-refractivity contribution >= 4 is 11.9 Å². The molecule has 0 saturated carbocycles. The van der Waals surface area contributed by atoms with Gasteiger partial charge in [0.1, 0.15) is 17.9 Å². The number of carbonyl (C=O) groups excluding carboxylic acids is 1. The zero-order valence-corrected chi connectivity index (χ0v) is 11.7. The van der Waals surface area contributed by atoms with Crippen LogP contribution in [0.5, 0.6) is 0 Å². The topological polar surface area (TPSA) is 88.4 Å². The van der Waals surface area contributed by atoms with Crippen molar-refractivity contribution in [3.05, 3.63) is 58.3 Å². The van der Waals surface area contributed by atoms with E-state index in [1.54, 1.807) is 0 Å². The number of hydrogen-bond donors (Lipinski definition) is 2. The van der Waals surface area contributed by atoms with E-state index in [4.69, 9.17) is 5.11 Å². The lowest BCUT2D eigenvalue weighted by Gasteiger charge is -2.10. The van der Waals surface area contributed by atoms with Crippen LogP contribution in [-0.2, 0) is 11.3 Å². The Balaban J connectivity index is 2.61. The summed E-state index contributed by atoms with van der Waals surface area (Å²) in [5.41, 5.74) is -0.679. The predicted octanol–water partition coefficient (Wildman–Crippen LogP) is 1.10. The highest BCUT2D eigenvalue weighted by molar-refractivity contribution is 5.89. The molecule has 0 unspecified atom stereocenters. The van der Waals surface area contributed by atoms with Crippen LogP contribution in [0.15, 0.2) is 41.5 Å². The molecule has 1 aromatic heterocycles. The molecule has 0 aliphatic carbocycles. The molecule has 2 rings (SSSR count). The second kappa shape index (κ2) is 6.21. The molecule has 0 fully saturated rings. The maximum absolute atomic E-state index is 13.0. The number of halogens is 1. The molecule has 0 saturated heterocycles. The van der Waals surface area contributed by atoms with Gasteiger partial charge in [-0.25, -0.2) is 9.18 Å². The Morgan fingerprint density at radius 1 is 1.23 bits per heavy atom. The van der Waals surface area contributed by atoms with Crippen molar-refractivity contribution in [1.29, 1.82) is 0 Å². The van der Waals surface area contributed by atoms with Gasteiger partial charge in [-0.05, 0) is 17.7 Å². The number of aromatic nitrogens is 1. The maximum atomic E-state index is 13.0. The Hall–Kier alpha value is -2.96. The number of carboxylic acid groups (broad SMARTS) is 1. The van der Waals surface area contributed by atoms with Gasteiger partial charge in [-0.3, -0.25) is 9.59 Å². The van der Waals surface area contributed by atoms with E-state index in [9.17, 15) is 18.8 Å². The molecule has 0 radical (unpaired) electrons. The summed E-state index contributed by atoms with van der Waals surface area (Å²) in [7, 11) is 1.45. The van der Waals surface area contributed by atoms with E-state index in [2.05, 4.69) is 5.32 Å². The number of nitrogens with zero attached hydrogens (tertiary/aromatic N) is 1. The van der Waals surface area contributed by atoms with Crippen molar-refractivity contribution < 1.29 is 19.1 Å². The Morgan fingerprint density at radius 3 is 2.41 bits per heavy atom. The zero-order chi connectivity index (χ0) is 16.3. The molecule has 114 valence electrons. The molecule has 0 aliphatic rings. The van der Waals surface area contributed by atoms with E-state index in [-0.39, 0.29) is 18.0 Å². The SMILES string of the molecule is CNC(=O)Cn1cc(C(=O)O)c(=O)c(-c2ccc(F)cc2)c1. The summed E-state index contributed by atoms with van der Waals surface area (Å²) >= 11 is 0. The standard InChI is InChI=1S/C15H13FN2O4/c1-17-13(19)8-18-6-11(9-2-4-10(16)5-3-9)14(20)12(7-18)15(21)22/h2-7H,8H2,1H3,(H,17,19)(H,21,22). The summed E-state index contributed by atoms with van der Waals surface area (Å²) in [4.78, 5) is 34.8. The highest BCUT2D eigenvalue weighted by Crippen LogP contribution is 2.16. The van der Waals surface area contributed by atoms with Crippen LogP contribution in [0.2, 0.25) is 0 Å². The van der Waals surface area contributed by atoms with Crippen LogP contribution in [0.25, 0.3) is 11.1 Å². The van der Waals surface area contributed by atoms with Gasteiger partial charge >= 0.3 is 5.97 Å². The van der Waals surface area contributed by atoms with Crippen LogP contribution < -0.4 is 10.7 Å². The van der Waals surface area contributed by atoms with Crippen molar-refractivity contribution in [3.63, 3.8) is 0 Å². The lowest BCUT2D eigenvalue weighted by molar-refractivity contribution is -0.121. The second-order valence-electron chi connectivity index (χ2n) is 4.57. The van der Waals surface area contributed by atoms with E-state index in [0.29, 0.717) is 5.56 Å². The van der Waals surface area contributed by atoms with E-state index >= 15 is 0 Å². The van der Waals surface area contributed by atoms with Crippen molar-refractivity contribution in [2.75, 3.05) is 7.05 Å². The van der Waals surface area contributed by atoms with Gasteiger partial charge in [0.2, 0.25) is 11.3 Å². The fourth-order valence-corrected chi connectivity index (χ4v) is 1.95. The lowest BCUT2D eigenvalue weighted by Crippen LogP contribution is -2.26. The van der Waals surface area contributed by atoms with Gasteiger partial charge in [-0.15, -0.1) is 0 Å². The maximum Gasteiger partial charge on any atom is 0.341 e. The summed E-state index contributed by atoms with van der Waals surface area (Å²) in [5.74, 6) is -2.20. The number of carbonyl (C=O) groups is 2. The first-order valence-electron chi connectivity index (χ1n) is 6.36. The molecule has 22 heavy (non-hydrogen) atoms. The first-order valence-corrected chi connectivity index (χ1v) is 6.36. The smallest absolute Gasteiger partial charge is 0.341 e. The van der Waals surface area contributed by atoms with Gasteiger partial charge in [0, 0.05) is 25.0 Å². The van der Waals surface area contributed by atoms with Gasteiger partial charge in [0.15, 0.2) is 0 Å². The molecule has 0 aliphatic heterocycles. The number of carboxylic acids is 1. The molecule has 7 heteroatoms. The second-order valence-corrected chi connectivity index (χ2v) is 4.57. The molecule has 2 aromatic rings. The van der Waals surface area contributed by atoms with E-state index < -0.39 is 22.8 Å². The number of aromatic carboxylic acids is 1. The average molecular weight is 304 g/mol. The van der Waals surface area contributed by atoms with Gasteiger partial charge in [0.05, 0.1) is 0 Å². The first kappa shape index (κ1) is 15.4.